The Kier molecular flexibility index (Phi) is 25.2. The summed E-state index contributed by atoms with van der Waals surface area (Å²) in [7, 11) is 0. The summed E-state index contributed by atoms with van der Waals surface area (Å²) in [6, 6.07) is -2.75. The highest BCUT2D eigenvalue weighted by Crippen LogP contribution is 2.13. The van der Waals surface area contributed by atoms with E-state index >= 15 is 0 Å². The van der Waals surface area contributed by atoms with Crippen LogP contribution in [0.3, 0.4) is 0 Å². The quantitative estimate of drug-likeness (QED) is 0.0353. The third kappa shape index (κ3) is 22.0. The van der Waals surface area contributed by atoms with Crippen molar-refractivity contribution >= 4 is 59.5 Å². The average Bonchev–Trinajstić information content (AvgIpc) is 3.21. The molecule has 9 atom stereocenters. The summed E-state index contributed by atoms with van der Waals surface area (Å²) in [6.07, 6.45) is -2.69. The van der Waals surface area contributed by atoms with Crippen LogP contribution in [0.5, 0.6) is 0 Å². The molecule has 0 unspecified atom stereocenters. The van der Waals surface area contributed by atoms with Crippen molar-refractivity contribution in [3.05, 3.63) is 35.9 Å². The van der Waals surface area contributed by atoms with Gasteiger partial charge >= 0.3 is 5.97 Å². The number of nitrogens with one attached hydrogen (secondary N) is 7. The van der Waals surface area contributed by atoms with E-state index in [0.29, 0.717) is 5.56 Å². The summed E-state index contributed by atoms with van der Waals surface area (Å²) in [4.78, 5) is 130. The molecule has 8 amide bonds. The van der Waals surface area contributed by atoms with Crippen molar-refractivity contribution in [1.29, 1.82) is 0 Å². The van der Waals surface area contributed by atoms with Gasteiger partial charge < -0.3 is 68.8 Å². The topological polar surface area (TPSA) is 368 Å². The van der Waals surface area contributed by atoms with E-state index in [1.54, 1.807) is 71.9 Å². The zero-order valence-electron chi connectivity index (χ0n) is 38.1. The van der Waals surface area contributed by atoms with E-state index in [-0.39, 0.29) is 62.6 Å². The summed E-state index contributed by atoms with van der Waals surface area (Å²) in [5.41, 5.74) is 11.6. The molecule has 1 aromatic carbocycles. The molecule has 0 aliphatic heterocycles. The molecule has 65 heavy (non-hydrogen) atoms. The fourth-order valence-corrected chi connectivity index (χ4v) is 6.36. The van der Waals surface area contributed by atoms with Crippen molar-refractivity contribution in [2.24, 2.45) is 29.2 Å². The van der Waals surface area contributed by atoms with Crippen LogP contribution in [0.25, 0.3) is 0 Å². The minimum Gasteiger partial charge on any atom is -0.481 e. The van der Waals surface area contributed by atoms with Crippen molar-refractivity contribution < 1.29 is 63.3 Å². The number of benzene rings is 1. The van der Waals surface area contributed by atoms with Crippen LogP contribution >= 0.6 is 0 Å². The highest BCUT2D eigenvalue weighted by molar-refractivity contribution is 5.98. The predicted molar refractivity (Wildman–Crippen MR) is 236 cm³/mol. The fraction of sp³-hybridized carbons (Fsp3) is 0.628. The number of nitrogens with two attached hydrogens (primary N) is 2. The van der Waals surface area contributed by atoms with E-state index in [1.807, 2.05) is 0 Å². The maximum absolute atomic E-state index is 14.2. The Morgan fingerprint density at radius 3 is 1.37 bits per heavy atom. The first-order valence-electron chi connectivity index (χ1n) is 21.5. The molecule has 0 heterocycles. The molecule has 0 fully saturated rings. The van der Waals surface area contributed by atoms with Crippen molar-refractivity contribution in [2.45, 2.75) is 148 Å². The lowest BCUT2D eigenvalue weighted by atomic mass is 9.98. The van der Waals surface area contributed by atoms with Crippen LogP contribution in [0.15, 0.2) is 30.3 Å². The van der Waals surface area contributed by atoms with Gasteiger partial charge in [-0.3, -0.25) is 43.2 Å². The Bertz CT molecular complexity index is 1780. The largest absolute Gasteiger partial charge is 0.481 e. The molecule has 364 valence electrons. The molecule has 0 saturated carbocycles. The summed E-state index contributed by atoms with van der Waals surface area (Å²) in [5, 5.41) is 46.0. The van der Waals surface area contributed by atoms with Crippen LogP contribution in [0.1, 0.15) is 92.6 Å². The normalized spacial score (nSPS) is 15.4. The van der Waals surface area contributed by atoms with E-state index in [4.69, 9.17) is 11.5 Å². The van der Waals surface area contributed by atoms with Gasteiger partial charge in [0.25, 0.3) is 0 Å². The SMILES string of the molecule is CC(C)C[C@H](NC(=O)[C@H](Cc1ccccc1)NC(=O)[C@H](CCC(N)=O)NC(=O)[C@H](CC(C)C)NC(=O)[C@@H](N)CO)C(=O)N[C@@H](CC(C)C)C(=O)N[C@@H](CC(=O)O)C(=O)N[C@H](C=O)[C@@H](C)O. The Labute approximate surface area is 378 Å². The maximum atomic E-state index is 14.2. The molecule has 1 aromatic rings. The first-order valence-corrected chi connectivity index (χ1v) is 21.5. The van der Waals surface area contributed by atoms with Crippen LogP contribution in [0.4, 0.5) is 0 Å². The van der Waals surface area contributed by atoms with E-state index in [1.165, 1.54) is 6.92 Å². The maximum Gasteiger partial charge on any atom is 0.305 e. The molecule has 0 aliphatic carbocycles. The fourth-order valence-electron chi connectivity index (χ4n) is 6.36. The van der Waals surface area contributed by atoms with Gasteiger partial charge in [-0.25, -0.2) is 0 Å². The van der Waals surface area contributed by atoms with Crippen molar-refractivity contribution in [1.82, 2.24) is 37.2 Å². The molecule has 1 rings (SSSR count). The van der Waals surface area contributed by atoms with E-state index in [9.17, 15) is 63.3 Å². The lowest BCUT2D eigenvalue weighted by molar-refractivity contribution is -0.141. The highest BCUT2D eigenvalue weighted by Gasteiger charge is 2.35. The molecule has 0 aliphatic rings. The van der Waals surface area contributed by atoms with Crippen LogP contribution < -0.4 is 48.7 Å². The van der Waals surface area contributed by atoms with Crippen molar-refractivity contribution in [2.75, 3.05) is 6.61 Å². The number of primary amides is 1. The van der Waals surface area contributed by atoms with E-state index in [0.717, 1.165) is 0 Å². The molecule has 0 saturated heterocycles. The van der Waals surface area contributed by atoms with Gasteiger partial charge in [0.15, 0.2) is 0 Å². The Morgan fingerprint density at radius 1 is 0.585 bits per heavy atom. The Balaban J connectivity index is 3.55. The second-order valence-corrected chi connectivity index (χ2v) is 17.2. The van der Waals surface area contributed by atoms with Crippen molar-refractivity contribution in [3.63, 3.8) is 0 Å². The number of rotatable bonds is 30. The van der Waals surface area contributed by atoms with Crippen LogP contribution in [0.2, 0.25) is 0 Å². The van der Waals surface area contributed by atoms with Gasteiger partial charge in [0.1, 0.15) is 54.6 Å². The number of hydrogen-bond acceptors (Lipinski definition) is 13. The van der Waals surface area contributed by atoms with Gasteiger partial charge in [0, 0.05) is 12.8 Å². The van der Waals surface area contributed by atoms with E-state index in [2.05, 4.69) is 37.2 Å². The molecule has 14 N–H and O–H groups in total. The highest BCUT2D eigenvalue weighted by atomic mass is 16.4. The average molecular weight is 920 g/mol. The number of aliphatic hydroxyl groups is 2. The standard InChI is InChI=1S/C43H69N9O13/c1-22(2)15-29(47-37(59)27(44)20-53)39(61)46-28(13-14-35(45)56)38(60)50-32(18-26-11-9-8-10-12-26)42(64)49-30(16-23(3)4)40(62)48-31(17-24(5)6)41(63)51-33(19-36(57)58)43(65)52-34(21-54)25(7)55/h8-12,21-25,27-34,53,55H,13-20,44H2,1-7H3,(H2,45,56)(H,46,61)(H,47,59)(H,48,62)(H,49,64)(H,50,60)(H,51,63)(H,52,65)(H,57,58)/t25-,27+,28+,29+,30+,31+,32+,33+,34-/m1/s1. The van der Waals surface area contributed by atoms with Crippen molar-refractivity contribution in [3.8, 4) is 0 Å². The minimum atomic E-state index is -1.72. The number of hydrogen-bond donors (Lipinski definition) is 12. The van der Waals surface area contributed by atoms with Gasteiger partial charge in [-0.05, 0) is 55.9 Å². The number of carbonyl (C=O) groups excluding carboxylic acids is 9. The zero-order chi connectivity index (χ0) is 49.6. The number of aliphatic carboxylic acids is 1. The third-order valence-electron chi connectivity index (χ3n) is 9.77. The smallest absolute Gasteiger partial charge is 0.305 e. The number of carboxylic acid groups (broad SMARTS) is 1. The minimum absolute atomic E-state index is 0.00693. The Hall–Kier alpha value is -6.00. The summed E-state index contributed by atoms with van der Waals surface area (Å²) >= 11 is 0. The van der Waals surface area contributed by atoms with Gasteiger partial charge in [-0.1, -0.05) is 71.9 Å². The van der Waals surface area contributed by atoms with Crippen LogP contribution in [-0.4, -0.2) is 136 Å². The predicted octanol–water partition coefficient (Wildman–Crippen LogP) is -2.60. The van der Waals surface area contributed by atoms with Crippen LogP contribution in [0, 0.1) is 17.8 Å². The van der Waals surface area contributed by atoms with E-state index < -0.39 is 121 Å². The number of amides is 8. The number of carboxylic acids is 1. The zero-order valence-corrected chi connectivity index (χ0v) is 38.1. The Morgan fingerprint density at radius 2 is 0.969 bits per heavy atom. The first kappa shape index (κ1) is 57.0. The monoisotopic (exact) mass is 920 g/mol. The molecule has 22 nitrogen and oxygen atoms in total. The third-order valence-corrected chi connectivity index (χ3v) is 9.77. The number of aldehydes is 1. The molecule has 0 aromatic heterocycles. The summed E-state index contributed by atoms with van der Waals surface area (Å²) < 4.78 is 0. The number of aliphatic hydroxyl groups excluding tert-OH is 2. The molecule has 0 radical (unpaired) electrons. The van der Waals surface area contributed by atoms with Gasteiger partial charge in [-0.15, -0.1) is 0 Å². The van der Waals surface area contributed by atoms with Crippen LogP contribution in [-0.2, 0) is 54.4 Å². The molecular formula is C43H69N9O13. The molecule has 22 heteroatoms. The van der Waals surface area contributed by atoms with Gasteiger partial charge in [0.05, 0.1) is 19.1 Å². The number of carbonyl (C=O) groups is 10. The molecule has 0 spiro atoms. The first-order chi connectivity index (χ1) is 30.4. The second-order valence-electron chi connectivity index (χ2n) is 17.2. The second kappa shape index (κ2) is 28.7. The lowest BCUT2D eigenvalue weighted by Crippen LogP contribution is -2.61. The summed E-state index contributed by atoms with van der Waals surface area (Å²) in [6.45, 7) is 11.1. The van der Waals surface area contributed by atoms with Gasteiger partial charge in [-0.2, -0.15) is 0 Å². The summed E-state index contributed by atoms with van der Waals surface area (Å²) in [5.74, 6) is -9.16. The molecule has 0 bridgehead atoms. The molecular weight excluding hydrogens is 851 g/mol. The van der Waals surface area contributed by atoms with Gasteiger partial charge in [0.2, 0.25) is 47.3 Å². The lowest BCUT2D eigenvalue weighted by Gasteiger charge is -2.29.